The van der Waals surface area contributed by atoms with Crippen LogP contribution in [0.4, 0.5) is 4.79 Å². The van der Waals surface area contributed by atoms with Crippen LogP contribution in [0.25, 0.3) is 0 Å². The number of carbonyl (C=O) groups excluding carboxylic acids is 1. The molecule has 1 heterocycles. The van der Waals surface area contributed by atoms with Crippen LogP contribution >= 0.6 is 12.6 Å². The minimum Gasteiger partial charge on any atom is -0.390 e. The van der Waals surface area contributed by atoms with Crippen molar-refractivity contribution in [2.45, 2.75) is 4.90 Å². The average Bonchev–Trinajstić information content (AvgIpc) is 1.93. The zero-order chi connectivity index (χ0) is 8.27. The van der Waals surface area contributed by atoms with Gasteiger partial charge in [0.05, 0.1) is 4.90 Å². The highest BCUT2D eigenvalue weighted by atomic mass is 32.1. The van der Waals surface area contributed by atoms with Crippen LogP contribution in [0, 0.1) is 0 Å². The molecule has 2 N–H and O–H groups in total. The molecular formula is C6H6N2O2S. The van der Waals surface area contributed by atoms with Crippen molar-refractivity contribution in [1.82, 2.24) is 4.98 Å². The standard InChI is InChI=1S/C6H6N2O2S/c7-6(9)10-5-4(11)2-1-3-8-5/h1-3,11H,(H2,7,9). The number of carbonyl (C=O) groups is 1. The molecule has 1 rings (SSSR count). The summed E-state index contributed by atoms with van der Waals surface area (Å²) < 4.78 is 4.50. The Hall–Kier alpha value is -1.23. The summed E-state index contributed by atoms with van der Waals surface area (Å²) >= 11 is 3.98. The van der Waals surface area contributed by atoms with Gasteiger partial charge in [0.15, 0.2) is 0 Å². The maximum Gasteiger partial charge on any atom is 0.411 e. The molecule has 1 aromatic rings. The minimum atomic E-state index is -0.890. The summed E-state index contributed by atoms with van der Waals surface area (Å²) in [6.07, 6.45) is 0.594. The number of thiol groups is 1. The summed E-state index contributed by atoms with van der Waals surface area (Å²) in [7, 11) is 0. The predicted molar refractivity (Wildman–Crippen MR) is 41.7 cm³/mol. The van der Waals surface area contributed by atoms with Crippen molar-refractivity contribution < 1.29 is 9.53 Å². The number of hydrogen-bond donors (Lipinski definition) is 2. The lowest BCUT2D eigenvalue weighted by Gasteiger charge is -2.00. The van der Waals surface area contributed by atoms with Crippen LogP contribution in [0.1, 0.15) is 0 Å². The van der Waals surface area contributed by atoms with Crippen molar-refractivity contribution >= 4 is 18.7 Å². The molecule has 0 aliphatic carbocycles. The number of pyridine rings is 1. The molecule has 0 bridgehead atoms. The maximum absolute atomic E-state index is 10.2. The van der Waals surface area contributed by atoms with Gasteiger partial charge in [-0.25, -0.2) is 9.78 Å². The molecule has 0 spiro atoms. The van der Waals surface area contributed by atoms with Gasteiger partial charge in [0.25, 0.3) is 0 Å². The van der Waals surface area contributed by atoms with E-state index in [1.807, 2.05) is 0 Å². The lowest BCUT2D eigenvalue weighted by molar-refractivity contribution is 0.208. The minimum absolute atomic E-state index is 0.128. The van der Waals surface area contributed by atoms with Gasteiger partial charge >= 0.3 is 6.09 Å². The highest BCUT2D eigenvalue weighted by molar-refractivity contribution is 7.80. The number of amides is 1. The normalized spacial score (nSPS) is 9.18. The van der Waals surface area contributed by atoms with Crippen molar-refractivity contribution in [2.75, 3.05) is 0 Å². The first-order chi connectivity index (χ1) is 5.20. The lowest BCUT2D eigenvalue weighted by Crippen LogP contribution is -2.17. The van der Waals surface area contributed by atoms with E-state index in [4.69, 9.17) is 5.73 Å². The van der Waals surface area contributed by atoms with Gasteiger partial charge in [-0.3, -0.25) is 0 Å². The van der Waals surface area contributed by atoms with Gasteiger partial charge in [-0.05, 0) is 12.1 Å². The van der Waals surface area contributed by atoms with Crippen LogP contribution in [0.5, 0.6) is 5.88 Å². The van der Waals surface area contributed by atoms with E-state index in [2.05, 4.69) is 22.3 Å². The molecule has 1 aromatic heterocycles. The largest absolute Gasteiger partial charge is 0.411 e. The van der Waals surface area contributed by atoms with Gasteiger partial charge in [-0.2, -0.15) is 0 Å². The number of primary amides is 1. The Balaban J connectivity index is 2.86. The molecule has 0 saturated carbocycles. The summed E-state index contributed by atoms with van der Waals surface area (Å²) in [5.41, 5.74) is 4.76. The molecule has 5 heteroatoms. The van der Waals surface area contributed by atoms with Gasteiger partial charge in [-0.15, -0.1) is 12.6 Å². The summed E-state index contributed by atoms with van der Waals surface area (Å²) in [4.78, 5) is 14.4. The summed E-state index contributed by atoms with van der Waals surface area (Å²) in [6.45, 7) is 0. The van der Waals surface area contributed by atoms with Crippen molar-refractivity contribution in [1.29, 1.82) is 0 Å². The maximum atomic E-state index is 10.2. The second-order valence-corrected chi connectivity index (χ2v) is 2.23. The van der Waals surface area contributed by atoms with Gasteiger partial charge in [0.1, 0.15) is 0 Å². The number of hydrogen-bond acceptors (Lipinski definition) is 4. The molecule has 0 saturated heterocycles. The van der Waals surface area contributed by atoms with Crippen LogP contribution in [-0.2, 0) is 0 Å². The smallest absolute Gasteiger partial charge is 0.390 e. The lowest BCUT2D eigenvalue weighted by atomic mass is 10.5. The number of ether oxygens (including phenoxy) is 1. The molecule has 1 amide bonds. The molecule has 0 radical (unpaired) electrons. The molecule has 58 valence electrons. The Morgan fingerprint density at radius 3 is 3.00 bits per heavy atom. The fourth-order valence-corrected chi connectivity index (χ4v) is 0.746. The first kappa shape index (κ1) is 7.87. The highest BCUT2D eigenvalue weighted by Gasteiger charge is 2.02. The SMILES string of the molecule is NC(=O)Oc1ncccc1S. The number of rotatable bonds is 1. The third-order valence-electron chi connectivity index (χ3n) is 0.948. The average molecular weight is 170 g/mol. The number of nitrogens with zero attached hydrogens (tertiary/aromatic N) is 1. The van der Waals surface area contributed by atoms with Crippen molar-refractivity contribution in [3.8, 4) is 5.88 Å². The van der Waals surface area contributed by atoms with E-state index in [0.29, 0.717) is 4.90 Å². The van der Waals surface area contributed by atoms with Crippen LogP contribution < -0.4 is 10.5 Å². The van der Waals surface area contributed by atoms with E-state index in [1.165, 1.54) is 6.20 Å². The van der Waals surface area contributed by atoms with Crippen LogP contribution in [0.2, 0.25) is 0 Å². The van der Waals surface area contributed by atoms with Gasteiger partial charge in [0, 0.05) is 6.20 Å². The second kappa shape index (κ2) is 3.25. The molecule has 4 nitrogen and oxygen atoms in total. The molecule has 0 aliphatic heterocycles. The first-order valence-electron chi connectivity index (χ1n) is 2.81. The van der Waals surface area contributed by atoms with E-state index in [1.54, 1.807) is 12.1 Å². The quantitative estimate of drug-likeness (QED) is 0.613. The molecule has 0 aliphatic rings. The molecule has 11 heavy (non-hydrogen) atoms. The monoisotopic (exact) mass is 170 g/mol. The van der Waals surface area contributed by atoms with E-state index >= 15 is 0 Å². The highest BCUT2D eigenvalue weighted by Crippen LogP contribution is 2.17. The molecular weight excluding hydrogens is 164 g/mol. The topological polar surface area (TPSA) is 65.2 Å². The molecule has 0 fully saturated rings. The number of nitrogens with two attached hydrogens (primary N) is 1. The van der Waals surface area contributed by atoms with Crippen molar-refractivity contribution in [3.63, 3.8) is 0 Å². The Bertz CT molecular complexity index is 277. The van der Waals surface area contributed by atoms with Crippen molar-refractivity contribution in [2.24, 2.45) is 5.73 Å². The Kier molecular flexibility index (Phi) is 2.32. The van der Waals surface area contributed by atoms with E-state index in [9.17, 15) is 4.79 Å². The second-order valence-electron chi connectivity index (χ2n) is 1.75. The number of aromatic nitrogens is 1. The molecule has 0 atom stereocenters. The van der Waals surface area contributed by atoms with E-state index in [-0.39, 0.29) is 5.88 Å². The van der Waals surface area contributed by atoms with Crippen LogP contribution in [-0.4, -0.2) is 11.1 Å². The Morgan fingerprint density at radius 2 is 2.45 bits per heavy atom. The fraction of sp³-hybridized carbons (Fsp3) is 0. The van der Waals surface area contributed by atoms with Gasteiger partial charge in [0.2, 0.25) is 5.88 Å². The van der Waals surface area contributed by atoms with Crippen LogP contribution in [0.3, 0.4) is 0 Å². The summed E-state index contributed by atoms with van der Waals surface area (Å²) in [5.74, 6) is 0.128. The summed E-state index contributed by atoms with van der Waals surface area (Å²) in [6, 6.07) is 3.32. The fourth-order valence-electron chi connectivity index (χ4n) is 0.556. The van der Waals surface area contributed by atoms with Crippen LogP contribution in [0.15, 0.2) is 23.2 Å². The van der Waals surface area contributed by atoms with E-state index in [0.717, 1.165) is 0 Å². The summed E-state index contributed by atoms with van der Waals surface area (Å²) in [5, 5.41) is 0. The Labute approximate surface area is 68.8 Å². The zero-order valence-electron chi connectivity index (χ0n) is 5.52. The third kappa shape index (κ3) is 2.12. The van der Waals surface area contributed by atoms with Crippen molar-refractivity contribution in [3.05, 3.63) is 18.3 Å². The zero-order valence-corrected chi connectivity index (χ0v) is 6.41. The Morgan fingerprint density at radius 1 is 1.73 bits per heavy atom. The third-order valence-corrected chi connectivity index (χ3v) is 1.29. The van der Waals surface area contributed by atoms with Gasteiger partial charge < -0.3 is 10.5 Å². The predicted octanol–water partition coefficient (Wildman–Crippen LogP) is 0.828. The van der Waals surface area contributed by atoms with Gasteiger partial charge in [-0.1, -0.05) is 0 Å². The molecule has 0 unspecified atom stereocenters. The first-order valence-corrected chi connectivity index (χ1v) is 3.26. The molecule has 0 aromatic carbocycles. The van der Waals surface area contributed by atoms with E-state index < -0.39 is 6.09 Å².